The van der Waals surface area contributed by atoms with Gasteiger partial charge in [-0.05, 0) is 24.3 Å². The number of amides is 2. The van der Waals surface area contributed by atoms with E-state index in [9.17, 15) is 18.0 Å². The second-order valence-corrected chi connectivity index (χ2v) is 8.78. The summed E-state index contributed by atoms with van der Waals surface area (Å²) in [5, 5.41) is 12.6. The number of sulfonamides is 1. The van der Waals surface area contributed by atoms with Crippen LogP contribution < -0.4 is 14.9 Å². The molecule has 3 aromatic rings. The van der Waals surface area contributed by atoms with Crippen molar-refractivity contribution in [2.24, 2.45) is 0 Å². The van der Waals surface area contributed by atoms with Crippen molar-refractivity contribution in [3.8, 4) is 0 Å². The van der Waals surface area contributed by atoms with Crippen LogP contribution in [0.25, 0.3) is 0 Å². The predicted octanol–water partition coefficient (Wildman–Crippen LogP) is 1.94. The zero-order valence-electron chi connectivity index (χ0n) is 14.2. The minimum absolute atomic E-state index is 0.0437. The summed E-state index contributed by atoms with van der Waals surface area (Å²) in [6.45, 7) is -0.370. The zero-order chi connectivity index (χ0) is 19.7. The minimum atomic E-state index is -4.12. The van der Waals surface area contributed by atoms with Gasteiger partial charge in [-0.25, -0.2) is 0 Å². The second-order valence-electron chi connectivity index (χ2n) is 5.77. The molecule has 0 unspecified atom stereocenters. The monoisotopic (exact) mass is 415 g/mol. The fraction of sp³-hybridized carbons (Fsp3) is 0.0588. The Balaban J connectivity index is 1.61. The summed E-state index contributed by atoms with van der Waals surface area (Å²) in [6.07, 6.45) is 0. The van der Waals surface area contributed by atoms with Crippen molar-refractivity contribution in [3.63, 3.8) is 0 Å². The van der Waals surface area contributed by atoms with Gasteiger partial charge in [0.05, 0.1) is 11.4 Å². The largest absolute Gasteiger partial charge is 0.323 e. The Morgan fingerprint density at radius 1 is 1.07 bits per heavy atom. The normalized spacial score (nSPS) is 13.6. The fourth-order valence-electron chi connectivity index (χ4n) is 2.63. The van der Waals surface area contributed by atoms with Crippen molar-refractivity contribution in [2.75, 3.05) is 21.5 Å². The van der Waals surface area contributed by atoms with Gasteiger partial charge in [0.15, 0.2) is 0 Å². The van der Waals surface area contributed by atoms with Crippen LogP contribution in [-0.2, 0) is 14.8 Å². The number of hydrogen-bond donors (Lipinski definition) is 2. The molecule has 0 radical (unpaired) electrons. The van der Waals surface area contributed by atoms with Gasteiger partial charge in [0, 0.05) is 5.56 Å². The van der Waals surface area contributed by atoms with Gasteiger partial charge < -0.3 is 5.32 Å². The van der Waals surface area contributed by atoms with Gasteiger partial charge >= 0.3 is 0 Å². The molecule has 0 spiro atoms. The molecule has 0 atom stereocenters. The summed E-state index contributed by atoms with van der Waals surface area (Å²) < 4.78 is 26.7. The quantitative estimate of drug-likeness (QED) is 0.628. The lowest BCUT2D eigenvalue weighted by molar-refractivity contribution is -0.115. The third-order valence-corrected chi connectivity index (χ3v) is 6.85. The average Bonchev–Trinajstić information content (AvgIpc) is 3.17. The lowest BCUT2D eigenvalue weighted by Crippen LogP contribution is -2.42. The molecule has 2 N–H and O–H groups in total. The van der Waals surface area contributed by atoms with Crippen LogP contribution in [0.1, 0.15) is 10.4 Å². The Bertz CT molecular complexity index is 1160. The molecule has 0 fully saturated rings. The van der Waals surface area contributed by atoms with E-state index < -0.39 is 21.8 Å². The highest BCUT2D eigenvalue weighted by Gasteiger charge is 2.35. The first-order valence-corrected chi connectivity index (χ1v) is 10.3. The van der Waals surface area contributed by atoms with Gasteiger partial charge in [-0.1, -0.05) is 41.7 Å². The van der Waals surface area contributed by atoms with Crippen LogP contribution in [0.5, 0.6) is 0 Å². The second kappa shape index (κ2) is 7.02. The van der Waals surface area contributed by atoms with Crippen molar-refractivity contribution >= 4 is 49.7 Å². The summed E-state index contributed by atoms with van der Waals surface area (Å²) in [6, 6.07) is 15.0. The van der Waals surface area contributed by atoms with Crippen LogP contribution in [0.4, 0.5) is 16.5 Å². The summed E-state index contributed by atoms with van der Waals surface area (Å²) in [5.41, 5.74) is 1.14. The van der Waals surface area contributed by atoms with Crippen molar-refractivity contribution in [3.05, 3.63) is 60.2 Å². The zero-order valence-corrected chi connectivity index (χ0v) is 15.8. The van der Waals surface area contributed by atoms with Crippen molar-refractivity contribution in [2.45, 2.75) is 4.34 Å². The van der Waals surface area contributed by atoms with Crippen LogP contribution in [-0.4, -0.2) is 37.0 Å². The highest BCUT2D eigenvalue weighted by molar-refractivity contribution is 7.94. The number of anilines is 3. The number of carbonyl (C=O) groups excluding carboxylic acids is 2. The first kappa shape index (κ1) is 18.1. The number of benzene rings is 2. The number of hydrogen-bond acceptors (Lipinski definition) is 7. The molecule has 0 saturated carbocycles. The van der Waals surface area contributed by atoms with E-state index in [0.29, 0.717) is 28.3 Å². The van der Waals surface area contributed by atoms with Crippen molar-refractivity contribution in [1.29, 1.82) is 0 Å². The highest BCUT2D eigenvalue weighted by atomic mass is 32.2. The molecule has 4 rings (SSSR count). The van der Waals surface area contributed by atoms with Crippen molar-refractivity contribution < 1.29 is 18.0 Å². The van der Waals surface area contributed by atoms with Gasteiger partial charge in [0.25, 0.3) is 20.3 Å². The summed E-state index contributed by atoms with van der Waals surface area (Å²) in [5.74, 6) is -0.882. The third kappa shape index (κ3) is 3.32. The number of para-hydroxylation sites is 2. The molecule has 1 aliphatic heterocycles. The molecule has 142 valence electrons. The minimum Gasteiger partial charge on any atom is -0.323 e. The van der Waals surface area contributed by atoms with Crippen molar-refractivity contribution in [1.82, 2.24) is 10.2 Å². The molecule has 1 aliphatic rings. The first-order chi connectivity index (χ1) is 13.4. The molecule has 0 saturated heterocycles. The van der Waals surface area contributed by atoms with E-state index in [0.717, 1.165) is 4.31 Å². The van der Waals surface area contributed by atoms with Crippen LogP contribution >= 0.6 is 11.3 Å². The van der Waals surface area contributed by atoms with E-state index >= 15 is 0 Å². The number of rotatable bonds is 4. The molecule has 2 amide bonds. The lowest BCUT2D eigenvalue weighted by atomic mass is 10.2. The van der Waals surface area contributed by atoms with E-state index in [1.54, 1.807) is 54.6 Å². The summed E-state index contributed by atoms with van der Waals surface area (Å²) in [7, 11) is -4.12. The maximum atomic E-state index is 13.0. The van der Waals surface area contributed by atoms with E-state index in [1.165, 1.54) is 0 Å². The summed E-state index contributed by atoms with van der Waals surface area (Å²) >= 11 is 0.717. The van der Waals surface area contributed by atoms with Gasteiger partial charge in [0.1, 0.15) is 6.54 Å². The maximum absolute atomic E-state index is 13.0. The number of fused-ring (bicyclic) bond motifs is 1. The topological polar surface area (TPSA) is 121 Å². The molecule has 2 heterocycles. The number of carbonyl (C=O) groups is 2. The molecule has 0 bridgehead atoms. The fourth-order valence-corrected chi connectivity index (χ4v) is 5.07. The van der Waals surface area contributed by atoms with Gasteiger partial charge in [0.2, 0.25) is 11.0 Å². The van der Waals surface area contributed by atoms with Crippen LogP contribution in [0.2, 0.25) is 0 Å². The Labute approximate surface area is 164 Å². The lowest BCUT2D eigenvalue weighted by Gasteiger charge is -2.28. The van der Waals surface area contributed by atoms with Gasteiger partial charge in [-0.3, -0.25) is 19.2 Å². The molecule has 0 aliphatic carbocycles. The number of nitrogens with zero attached hydrogens (tertiary/aromatic N) is 3. The standard InChI is InChI=1S/C17H13N5O4S2/c23-14-10-22(13-9-5-4-8-12(13)18-14)28(25,26)17-21-20-16(27-17)19-15(24)11-6-2-1-3-7-11/h1-9H,10H2,(H,18,23)(H,19,20,24). The Morgan fingerprint density at radius 3 is 2.57 bits per heavy atom. The maximum Gasteiger partial charge on any atom is 0.294 e. The molecule has 2 aromatic carbocycles. The Hall–Kier alpha value is -3.31. The first-order valence-electron chi connectivity index (χ1n) is 8.07. The summed E-state index contributed by atoms with van der Waals surface area (Å²) in [4.78, 5) is 24.1. The van der Waals surface area contributed by atoms with E-state index in [2.05, 4.69) is 20.8 Å². The van der Waals surface area contributed by atoms with Crippen LogP contribution in [0.15, 0.2) is 58.9 Å². The van der Waals surface area contributed by atoms with Crippen LogP contribution in [0, 0.1) is 0 Å². The molecule has 9 nitrogen and oxygen atoms in total. The number of nitrogens with one attached hydrogen (secondary N) is 2. The Morgan fingerprint density at radius 2 is 1.79 bits per heavy atom. The Kier molecular flexibility index (Phi) is 4.53. The van der Waals surface area contributed by atoms with Crippen LogP contribution in [0.3, 0.4) is 0 Å². The van der Waals surface area contributed by atoms with Gasteiger partial charge in [-0.15, -0.1) is 10.2 Å². The van der Waals surface area contributed by atoms with E-state index in [-0.39, 0.29) is 16.0 Å². The molecule has 1 aromatic heterocycles. The SMILES string of the molecule is O=C1CN(S(=O)(=O)c2nnc(NC(=O)c3ccccc3)s2)c2ccccc2N1. The third-order valence-electron chi connectivity index (χ3n) is 3.91. The molecular weight excluding hydrogens is 402 g/mol. The van der Waals surface area contributed by atoms with E-state index in [4.69, 9.17) is 0 Å². The molecule has 28 heavy (non-hydrogen) atoms. The number of aromatic nitrogens is 2. The predicted molar refractivity (Wildman–Crippen MR) is 104 cm³/mol. The molecular formula is C17H13N5O4S2. The smallest absolute Gasteiger partial charge is 0.294 e. The highest BCUT2D eigenvalue weighted by Crippen LogP contribution is 2.34. The molecule has 11 heteroatoms. The van der Waals surface area contributed by atoms with Gasteiger partial charge in [-0.2, -0.15) is 8.42 Å². The average molecular weight is 415 g/mol. The van der Waals surface area contributed by atoms with E-state index in [1.807, 2.05) is 0 Å².